The van der Waals surface area contributed by atoms with Gasteiger partial charge in [-0.2, -0.15) is 4.98 Å². The molecule has 0 atom stereocenters. The molecule has 1 heterocycles. The molecular formula is C10H12N4. The van der Waals surface area contributed by atoms with Crippen LogP contribution in [0.25, 0.3) is 11.4 Å². The summed E-state index contributed by atoms with van der Waals surface area (Å²) in [7, 11) is 1.78. The zero-order valence-corrected chi connectivity index (χ0v) is 8.23. The monoisotopic (exact) mass is 188 g/mol. The SMILES string of the molecule is Cc1cccc(-c2nc(N)n(C)n2)c1. The second-order valence-corrected chi connectivity index (χ2v) is 3.29. The highest BCUT2D eigenvalue weighted by molar-refractivity contribution is 5.56. The molecule has 0 saturated carbocycles. The molecule has 0 bridgehead atoms. The predicted octanol–water partition coefficient (Wildman–Crippen LogP) is 1.37. The lowest BCUT2D eigenvalue weighted by Gasteiger charge is -1.95. The van der Waals surface area contributed by atoms with Crippen molar-refractivity contribution in [3.8, 4) is 11.4 Å². The predicted molar refractivity (Wildman–Crippen MR) is 55.6 cm³/mol. The molecular weight excluding hydrogens is 176 g/mol. The fourth-order valence-corrected chi connectivity index (χ4v) is 1.30. The summed E-state index contributed by atoms with van der Waals surface area (Å²) in [4.78, 5) is 4.15. The summed E-state index contributed by atoms with van der Waals surface area (Å²) in [6, 6.07) is 8.03. The maximum atomic E-state index is 5.61. The first-order valence-corrected chi connectivity index (χ1v) is 4.40. The molecule has 72 valence electrons. The third kappa shape index (κ3) is 1.46. The topological polar surface area (TPSA) is 56.7 Å². The van der Waals surface area contributed by atoms with Crippen LogP contribution in [0.4, 0.5) is 5.95 Å². The van der Waals surface area contributed by atoms with Crippen LogP contribution < -0.4 is 5.73 Å². The van der Waals surface area contributed by atoms with Gasteiger partial charge in [0, 0.05) is 12.6 Å². The van der Waals surface area contributed by atoms with E-state index in [1.54, 1.807) is 11.7 Å². The average molecular weight is 188 g/mol. The molecule has 4 nitrogen and oxygen atoms in total. The van der Waals surface area contributed by atoms with E-state index in [1.165, 1.54) is 5.56 Å². The Morgan fingerprint density at radius 3 is 2.71 bits per heavy atom. The molecule has 0 amide bonds. The number of nitrogens with two attached hydrogens (primary N) is 1. The van der Waals surface area contributed by atoms with Gasteiger partial charge in [0.15, 0.2) is 5.82 Å². The molecule has 2 rings (SSSR count). The molecule has 14 heavy (non-hydrogen) atoms. The summed E-state index contributed by atoms with van der Waals surface area (Å²) in [5, 5.41) is 4.20. The lowest BCUT2D eigenvalue weighted by atomic mass is 10.1. The Kier molecular flexibility index (Phi) is 1.96. The summed E-state index contributed by atoms with van der Waals surface area (Å²) in [5.74, 6) is 1.11. The van der Waals surface area contributed by atoms with Gasteiger partial charge in [0.2, 0.25) is 5.95 Å². The Labute approximate surface area is 82.4 Å². The molecule has 0 aliphatic rings. The third-order valence-corrected chi connectivity index (χ3v) is 2.07. The first-order valence-electron chi connectivity index (χ1n) is 4.40. The van der Waals surface area contributed by atoms with Gasteiger partial charge >= 0.3 is 0 Å². The molecule has 2 aromatic rings. The molecule has 1 aromatic carbocycles. The highest BCUT2D eigenvalue weighted by atomic mass is 15.4. The van der Waals surface area contributed by atoms with Gasteiger partial charge in [0.1, 0.15) is 0 Å². The van der Waals surface area contributed by atoms with Gasteiger partial charge in [-0.15, -0.1) is 5.10 Å². The maximum Gasteiger partial charge on any atom is 0.218 e. The van der Waals surface area contributed by atoms with Crippen molar-refractivity contribution in [1.82, 2.24) is 14.8 Å². The van der Waals surface area contributed by atoms with Crippen molar-refractivity contribution in [2.75, 3.05) is 5.73 Å². The van der Waals surface area contributed by atoms with Crippen LogP contribution in [0.5, 0.6) is 0 Å². The fourth-order valence-electron chi connectivity index (χ4n) is 1.30. The molecule has 2 N–H and O–H groups in total. The molecule has 0 aliphatic carbocycles. The van der Waals surface area contributed by atoms with Crippen molar-refractivity contribution in [3.63, 3.8) is 0 Å². The number of hydrogen-bond donors (Lipinski definition) is 1. The number of aromatic nitrogens is 3. The van der Waals surface area contributed by atoms with Crippen LogP contribution in [0.15, 0.2) is 24.3 Å². The van der Waals surface area contributed by atoms with E-state index < -0.39 is 0 Å². The Morgan fingerprint density at radius 2 is 2.14 bits per heavy atom. The molecule has 0 unspecified atom stereocenters. The molecule has 0 fully saturated rings. The van der Waals surface area contributed by atoms with E-state index in [2.05, 4.69) is 10.1 Å². The average Bonchev–Trinajstić information content (AvgIpc) is 2.47. The number of nitrogens with zero attached hydrogens (tertiary/aromatic N) is 3. The minimum atomic E-state index is 0.432. The summed E-state index contributed by atoms with van der Waals surface area (Å²) < 4.78 is 1.57. The second-order valence-electron chi connectivity index (χ2n) is 3.29. The normalized spacial score (nSPS) is 10.4. The zero-order valence-electron chi connectivity index (χ0n) is 8.23. The highest BCUT2D eigenvalue weighted by Crippen LogP contribution is 2.16. The summed E-state index contributed by atoms with van der Waals surface area (Å²) >= 11 is 0. The summed E-state index contributed by atoms with van der Waals surface area (Å²) in [6.07, 6.45) is 0. The number of benzene rings is 1. The minimum Gasteiger partial charge on any atom is -0.368 e. The van der Waals surface area contributed by atoms with Crippen molar-refractivity contribution in [2.45, 2.75) is 6.92 Å². The lowest BCUT2D eigenvalue weighted by molar-refractivity contribution is 0.781. The molecule has 0 saturated heterocycles. The van der Waals surface area contributed by atoms with Crippen molar-refractivity contribution in [3.05, 3.63) is 29.8 Å². The molecule has 0 aliphatic heterocycles. The van der Waals surface area contributed by atoms with Gasteiger partial charge in [-0.05, 0) is 13.0 Å². The molecule has 4 heteroatoms. The van der Waals surface area contributed by atoms with Crippen LogP contribution in [-0.4, -0.2) is 14.8 Å². The number of nitrogen functional groups attached to an aromatic ring is 1. The Bertz CT molecular complexity index is 439. The molecule has 1 aromatic heterocycles. The van der Waals surface area contributed by atoms with Crippen LogP contribution in [0.3, 0.4) is 0 Å². The van der Waals surface area contributed by atoms with Gasteiger partial charge < -0.3 is 5.73 Å². The number of aryl methyl sites for hydroxylation is 2. The van der Waals surface area contributed by atoms with Crippen LogP contribution in [0, 0.1) is 6.92 Å². The fraction of sp³-hybridized carbons (Fsp3) is 0.200. The van der Waals surface area contributed by atoms with E-state index in [9.17, 15) is 0 Å². The lowest BCUT2D eigenvalue weighted by Crippen LogP contribution is -1.97. The highest BCUT2D eigenvalue weighted by Gasteiger charge is 2.05. The van der Waals surface area contributed by atoms with Gasteiger partial charge in [-0.25, -0.2) is 4.68 Å². The van der Waals surface area contributed by atoms with E-state index in [0.717, 1.165) is 5.56 Å². The Balaban J connectivity index is 2.49. The van der Waals surface area contributed by atoms with Gasteiger partial charge in [0.25, 0.3) is 0 Å². The molecule has 0 radical (unpaired) electrons. The smallest absolute Gasteiger partial charge is 0.218 e. The van der Waals surface area contributed by atoms with Crippen molar-refractivity contribution in [1.29, 1.82) is 0 Å². The van der Waals surface area contributed by atoms with Crippen molar-refractivity contribution < 1.29 is 0 Å². The van der Waals surface area contributed by atoms with E-state index in [0.29, 0.717) is 11.8 Å². The molecule has 0 spiro atoms. The van der Waals surface area contributed by atoms with E-state index in [1.807, 2.05) is 31.2 Å². The van der Waals surface area contributed by atoms with E-state index >= 15 is 0 Å². The van der Waals surface area contributed by atoms with Crippen LogP contribution >= 0.6 is 0 Å². The summed E-state index contributed by atoms with van der Waals surface area (Å²) in [5.41, 5.74) is 7.79. The minimum absolute atomic E-state index is 0.432. The first-order chi connectivity index (χ1) is 6.66. The zero-order chi connectivity index (χ0) is 10.1. The van der Waals surface area contributed by atoms with Crippen molar-refractivity contribution in [2.24, 2.45) is 7.05 Å². The van der Waals surface area contributed by atoms with E-state index in [4.69, 9.17) is 5.73 Å². The van der Waals surface area contributed by atoms with Gasteiger partial charge in [-0.1, -0.05) is 23.8 Å². The van der Waals surface area contributed by atoms with Gasteiger partial charge in [0.05, 0.1) is 0 Å². The van der Waals surface area contributed by atoms with Gasteiger partial charge in [-0.3, -0.25) is 0 Å². The maximum absolute atomic E-state index is 5.61. The summed E-state index contributed by atoms with van der Waals surface area (Å²) in [6.45, 7) is 2.04. The second kappa shape index (κ2) is 3.14. The largest absolute Gasteiger partial charge is 0.368 e. The van der Waals surface area contributed by atoms with Crippen LogP contribution in [0.1, 0.15) is 5.56 Å². The quantitative estimate of drug-likeness (QED) is 0.735. The van der Waals surface area contributed by atoms with Crippen LogP contribution in [0.2, 0.25) is 0 Å². The van der Waals surface area contributed by atoms with E-state index in [-0.39, 0.29) is 0 Å². The number of hydrogen-bond acceptors (Lipinski definition) is 3. The Morgan fingerprint density at radius 1 is 1.36 bits per heavy atom. The standard InChI is InChI=1S/C10H12N4/c1-7-4-3-5-8(6-7)9-12-10(11)14(2)13-9/h3-6H,1-2H3,(H2,11,12,13). The first kappa shape index (κ1) is 8.74. The van der Waals surface area contributed by atoms with Crippen molar-refractivity contribution >= 4 is 5.95 Å². The number of anilines is 1. The van der Waals surface area contributed by atoms with Crippen LogP contribution in [-0.2, 0) is 7.05 Å². The Hall–Kier alpha value is -1.84. The third-order valence-electron chi connectivity index (χ3n) is 2.07. The number of rotatable bonds is 1.